The first-order valence-electron chi connectivity index (χ1n) is 6.69. The minimum absolute atomic E-state index is 0.0619. The van der Waals surface area contributed by atoms with Gasteiger partial charge in [0.25, 0.3) is 0 Å². The fourth-order valence-corrected chi connectivity index (χ4v) is 2.32. The van der Waals surface area contributed by atoms with E-state index in [0.717, 1.165) is 0 Å². The number of carbonyl (C=O) groups is 1. The first kappa shape index (κ1) is 15.6. The number of amides is 1. The highest BCUT2D eigenvalue weighted by Crippen LogP contribution is 2.27. The number of benzene rings is 1. The standard InChI is InChI=1S/C14H17F3N2O2/c1-9(2)18-12-7-8-19(13(12)20)10-3-5-11(6-4-10)21-14(15,16)17/h3-6,9,12,18H,7-8H2,1-2H3. The Balaban J connectivity index is 2.04. The van der Waals surface area contributed by atoms with Crippen LogP contribution in [-0.2, 0) is 4.79 Å². The van der Waals surface area contributed by atoms with Gasteiger partial charge in [0.1, 0.15) is 5.75 Å². The van der Waals surface area contributed by atoms with Gasteiger partial charge in [-0.25, -0.2) is 0 Å². The molecule has 2 rings (SSSR count). The van der Waals surface area contributed by atoms with E-state index < -0.39 is 6.36 Å². The highest BCUT2D eigenvalue weighted by atomic mass is 19.4. The highest BCUT2D eigenvalue weighted by molar-refractivity contribution is 5.99. The molecule has 1 aromatic carbocycles. The lowest BCUT2D eigenvalue weighted by Crippen LogP contribution is -2.41. The van der Waals surface area contributed by atoms with Crippen LogP contribution in [0.15, 0.2) is 24.3 Å². The van der Waals surface area contributed by atoms with Crippen molar-refractivity contribution in [3.05, 3.63) is 24.3 Å². The van der Waals surface area contributed by atoms with Gasteiger partial charge in [0, 0.05) is 18.3 Å². The zero-order chi connectivity index (χ0) is 15.6. The van der Waals surface area contributed by atoms with E-state index in [4.69, 9.17) is 0 Å². The van der Waals surface area contributed by atoms with Gasteiger partial charge in [-0.2, -0.15) is 0 Å². The third-order valence-electron chi connectivity index (χ3n) is 3.12. The third-order valence-corrected chi connectivity index (χ3v) is 3.12. The quantitative estimate of drug-likeness (QED) is 0.930. The summed E-state index contributed by atoms with van der Waals surface area (Å²) in [7, 11) is 0. The molecular formula is C14H17F3N2O2. The molecule has 1 N–H and O–H groups in total. The normalized spacial score (nSPS) is 19.4. The summed E-state index contributed by atoms with van der Waals surface area (Å²) >= 11 is 0. The van der Waals surface area contributed by atoms with Crippen molar-refractivity contribution < 1.29 is 22.7 Å². The Kier molecular flexibility index (Phi) is 4.41. The molecule has 1 aliphatic heterocycles. The van der Waals surface area contributed by atoms with Crippen LogP contribution in [0.4, 0.5) is 18.9 Å². The molecule has 1 aliphatic rings. The van der Waals surface area contributed by atoms with E-state index in [-0.39, 0.29) is 23.7 Å². The number of nitrogens with one attached hydrogen (secondary N) is 1. The lowest BCUT2D eigenvalue weighted by atomic mass is 10.2. The lowest BCUT2D eigenvalue weighted by molar-refractivity contribution is -0.274. The first-order chi connectivity index (χ1) is 9.76. The van der Waals surface area contributed by atoms with Crippen molar-refractivity contribution in [1.29, 1.82) is 0 Å². The number of hydrogen-bond donors (Lipinski definition) is 1. The van der Waals surface area contributed by atoms with Crippen LogP contribution in [-0.4, -0.2) is 30.9 Å². The van der Waals surface area contributed by atoms with Crippen LogP contribution in [0.3, 0.4) is 0 Å². The smallest absolute Gasteiger partial charge is 0.406 e. The largest absolute Gasteiger partial charge is 0.573 e. The summed E-state index contributed by atoms with van der Waals surface area (Å²) in [6.07, 6.45) is -4.03. The Hall–Kier alpha value is -1.76. The summed E-state index contributed by atoms with van der Waals surface area (Å²) in [6.45, 7) is 4.46. The Bertz CT molecular complexity index is 500. The van der Waals surface area contributed by atoms with Crippen LogP contribution in [0.1, 0.15) is 20.3 Å². The van der Waals surface area contributed by atoms with Gasteiger partial charge in [-0.3, -0.25) is 4.79 Å². The summed E-state index contributed by atoms with van der Waals surface area (Å²) in [5, 5.41) is 3.17. The molecule has 0 aliphatic carbocycles. The van der Waals surface area contributed by atoms with Crippen LogP contribution >= 0.6 is 0 Å². The Labute approximate surface area is 120 Å². The van der Waals surface area contributed by atoms with E-state index in [9.17, 15) is 18.0 Å². The van der Waals surface area contributed by atoms with Crippen LogP contribution in [0.5, 0.6) is 5.75 Å². The number of nitrogens with zero attached hydrogens (tertiary/aromatic N) is 1. The number of alkyl halides is 3. The number of ether oxygens (including phenoxy) is 1. The average molecular weight is 302 g/mol. The van der Waals surface area contributed by atoms with Crippen molar-refractivity contribution in [1.82, 2.24) is 5.32 Å². The Morgan fingerprint density at radius 3 is 2.43 bits per heavy atom. The van der Waals surface area contributed by atoms with Crippen molar-refractivity contribution in [2.75, 3.05) is 11.4 Å². The molecule has 0 aromatic heterocycles. The van der Waals surface area contributed by atoms with Gasteiger partial charge < -0.3 is 15.0 Å². The number of halogens is 3. The molecule has 7 heteroatoms. The molecule has 4 nitrogen and oxygen atoms in total. The molecule has 0 saturated carbocycles. The van der Waals surface area contributed by atoms with E-state index in [0.29, 0.717) is 18.7 Å². The van der Waals surface area contributed by atoms with Crippen molar-refractivity contribution in [2.24, 2.45) is 0 Å². The summed E-state index contributed by atoms with van der Waals surface area (Å²) in [5.41, 5.74) is 0.572. The second kappa shape index (κ2) is 5.93. The predicted octanol–water partition coefficient (Wildman–Crippen LogP) is 2.69. The highest BCUT2D eigenvalue weighted by Gasteiger charge is 2.33. The van der Waals surface area contributed by atoms with Gasteiger partial charge in [0.05, 0.1) is 6.04 Å². The van der Waals surface area contributed by atoms with Gasteiger partial charge in [-0.1, -0.05) is 13.8 Å². The van der Waals surface area contributed by atoms with Gasteiger partial charge in [0.2, 0.25) is 5.91 Å². The van der Waals surface area contributed by atoms with E-state index in [2.05, 4.69) is 10.1 Å². The first-order valence-corrected chi connectivity index (χ1v) is 6.69. The van der Waals surface area contributed by atoms with Crippen LogP contribution < -0.4 is 15.0 Å². The Morgan fingerprint density at radius 1 is 1.29 bits per heavy atom. The van der Waals surface area contributed by atoms with Crippen LogP contribution in [0, 0.1) is 0 Å². The number of carbonyl (C=O) groups excluding carboxylic acids is 1. The number of anilines is 1. The fourth-order valence-electron chi connectivity index (χ4n) is 2.32. The van der Waals surface area contributed by atoms with Crippen molar-refractivity contribution in [3.8, 4) is 5.75 Å². The molecule has 0 spiro atoms. The van der Waals surface area contributed by atoms with Gasteiger partial charge in [-0.15, -0.1) is 13.2 Å². The second-order valence-corrected chi connectivity index (χ2v) is 5.19. The molecule has 1 saturated heterocycles. The molecule has 0 radical (unpaired) electrons. The summed E-state index contributed by atoms with van der Waals surface area (Å²) < 4.78 is 40.1. The molecule has 1 fully saturated rings. The Morgan fingerprint density at radius 2 is 1.90 bits per heavy atom. The number of rotatable bonds is 4. The summed E-state index contributed by atoms with van der Waals surface area (Å²) in [6, 6.07) is 5.28. The minimum Gasteiger partial charge on any atom is -0.406 e. The maximum absolute atomic E-state index is 12.2. The fraction of sp³-hybridized carbons (Fsp3) is 0.500. The van der Waals surface area contributed by atoms with E-state index >= 15 is 0 Å². The molecule has 1 amide bonds. The van der Waals surface area contributed by atoms with E-state index in [1.54, 1.807) is 4.90 Å². The molecule has 1 atom stereocenters. The maximum atomic E-state index is 12.2. The van der Waals surface area contributed by atoms with Gasteiger partial charge in [0.15, 0.2) is 0 Å². The third kappa shape index (κ3) is 4.10. The molecule has 0 bridgehead atoms. The zero-order valence-electron chi connectivity index (χ0n) is 11.8. The minimum atomic E-state index is -4.71. The molecular weight excluding hydrogens is 285 g/mol. The summed E-state index contributed by atoms with van der Waals surface area (Å²) in [4.78, 5) is 13.8. The van der Waals surface area contributed by atoms with E-state index in [1.165, 1.54) is 24.3 Å². The molecule has 1 heterocycles. The van der Waals surface area contributed by atoms with Gasteiger partial charge >= 0.3 is 6.36 Å². The van der Waals surface area contributed by atoms with Gasteiger partial charge in [-0.05, 0) is 30.7 Å². The van der Waals surface area contributed by atoms with Crippen molar-refractivity contribution >= 4 is 11.6 Å². The molecule has 116 valence electrons. The van der Waals surface area contributed by atoms with Crippen molar-refractivity contribution in [2.45, 2.75) is 38.7 Å². The van der Waals surface area contributed by atoms with Crippen LogP contribution in [0.2, 0.25) is 0 Å². The predicted molar refractivity (Wildman–Crippen MR) is 72.2 cm³/mol. The zero-order valence-corrected chi connectivity index (χ0v) is 11.8. The molecule has 1 aromatic rings. The topological polar surface area (TPSA) is 41.6 Å². The monoisotopic (exact) mass is 302 g/mol. The van der Waals surface area contributed by atoms with Crippen molar-refractivity contribution in [3.63, 3.8) is 0 Å². The second-order valence-electron chi connectivity index (χ2n) is 5.19. The lowest BCUT2D eigenvalue weighted by Gasteiger charge is -2.19. The number of hydrogen-bond acceptors (Lipinski definition) is 3. The maximum Gasteiger partial charge on any atom is 0.573 e. The summed E-state index contributed by atoms with van der Waals surface area (Å²) in [5.74, 6) is -0.358. The SMILES string of the molecule is CC(C)NC1CCN(c2ccc(OC(F)(F)F)cc2)C1=O. The van der Waals surface area contributed by atoms with Crippen LogP contribution in [0.25, 0.3) is 0 Å². The molecule has 21 heavy (non-hydrogen) atoms. The van der Waals surface area contributed by atoms with E-state index in [1.807, 2.05) is 13.8 Å². The molecule has 1 unspecified atom stereocenters. The average Bonchev–Trinajstić information content (AvgIpc) is 2.70.